The molecule has 256 valence electrons. The first-order valence-corrected chi connectivity index (χ1v) is 17.4. The number of esters is 1. The van der Waals surface area contributed by atoms with Crippen molar-refractivity contribution < 1.29 is 33.8 Å². The van der Waals surface area contributed by atoms with Gasteiger partial charge in [-0.2, -0.15) is 0 Å². The molecule has 2 aromatic rings. The molecule has 0 radical (unpaired) electrons. The minimum atomic E-state index is -1.33. The molecule has 48 heavy (non-hydrogen) atoms. The third-order valence-electron chi connectivity index (χ3n) is 9.51. The number of ether oxygens (including phenoxy) is 2. The third-order valence-corrected chi connectivity index (χ3v) is 10.4. The number of hydrogen-bond acceptors (Lipinski definition) is 7. The molecule has 10 nitrogen and oxygen atoms in total. The van der Waals surface area contributed by atoms with Crippen molar-refractivity contribution in [3.63, 3.8) is 0 Å². The van der Waals surface area contributed by atoms with Gasteiger partial charge in [0, 0.05) is 24.3 Å². The highest BCUT2D eigenvalue weighted by molar-refractivity contribution is 9.09. The fraction of sp³-hybridized carbons (Fsp3) is 0.459. The van der Waals surface area contributed by atoms with Crippen molar-refractivity contribution in [1.82, 2.24) is 15.1 Å². The molecule has 3 fully saturated rings. The molecule has 1 unspecified atom stereocenters. The van der Waals surface area contributed by atoms with Crippen molar-refractivity contribution in [3.8, 4) is 0 Å². The van der Waals surface area contributed by atoms with E-state index in [0.717, 1.165) is 11.1 Å². The molecule has 3 aliphatic heterocycles. The van der Waals surface area contributed by atoms with Gasteiger partial charge in [-0.15, -0.1) is 13.2 Å². The number of aliphatic hydroxyl groups is 1. The number of benzene rings is 2. The largest absolute Gasteiger partial charge is 0.460 e. The summed E-state index contributed by atoms with van der Waals surface area (Å²) < 4.78 is 12.5. The van der Waals surface area contributed by atoms with Crippen LogP contribution in [0, 0.1) is 11.8 Å². The quantitative estimate of drug-likeness (QED) is 0.154. The predicted octanol–water partition coefficient (Wildman–Crippen LogP) is 3.57. The Morgan fingerprint density at radius 1 is 1.12 bits per heavy atom. The van der Waals surface area contributed by atoms with E-state index in [4.69, 9.17) is 9.47 Å². The Bertz CT molecular complexity index is 1490. The summed E-state index contributed by atoms with van der Waals surface area (Å²) in [4.78, 5) is 58.3. The number of amides is 3. The first-order chi connectivity index (χ1) is 23.1. The Morgan fingerprint density at radius 3 is 2.42 bits per heavy atom. The monoisotopic (exact) mass is 721 g/mol. The maximum absolute atomic E-state index is 14.8. The van der Waals surface area contributed by atoms with Crippen LogP contribution in [0.15, 0.2) is 86.0 Å². The first kappa shape index (κ1) is 35.5. The summed E-state index contributed by atoms with van der Waals surface area (Å²) in [5.41, 5.74) is 0.461. The summed E-state index contributed by atoms with van der Waals surface area (Å²) in [6.45, 7) is 9.38. The molecule has 2 aromatic carbocycles. The van der Waals surface area contributed by atoms with Crippen LogP contribution in [-0.2, 0) is 41.6 Å². The Balaban J connectivity index is 1.48. The van der Waals surface area contributed by atoms with Crippen LogP contribution in [0.4, 0.5) is 0 Å². The molecule has 2 N–H and O–H groups in total. The number of nitrogens with zero attached hydrogens (tertiary/aromatic N) is 2. The number of carbonyl (C=O) groups excluding carboxylic acids is 4. The molecule has 3 saturated heterocycles. The standard InChI is InChI=1S/C37H44BrN3O7/c1-4-6-17-29(43)39-21-24(3)47-36(46)30-31-34(44)41(27(23-42)19-25-13-9-7-10-14-25)33(37(31)20-28(38)32(30)48-37)35(45)40(18-5-2)22-26-15-11-8-12-16-26/h4-5,7-16,24,27-28,30-33,42H,1-2,6,17-23H2,3H3,(H,39,43)/t24-,27+,28?,30-,31+,32-,33-,37+/m0/s1. The molecule has 3 aliphatic rings. The number of alkyl halides is 1. The number of aliphatic hydroxyl groups excluding tert-OH is 1. The number of allylic oxidation sites excluding steroid dienone is 1. The molecule has 1 spiro atoms. The summed E-state index contributed by atoms with van der Waals surface area (Å²) >= 11 is 3.70. The second kappa shape index (κ2) is 15.6. The lowest BCUT2D eigenvalue weighted by atomic mass is 9.70. The molecule has 0 aliphatic carbocycles. The van der Waals surface area contributed by atoms with E-state index in [0.29, 0.717) is 19.3 Å². The molecule has 0 saturated carbocycles. The van der Waals surface area contributed by atoms with E-state index in [1.54, 1.807) is 24.0 Å². The third kappa shape index (κ3) is 7.13. The van der Waals surface area contributed by atoms with Gasteiger partial charge in [0.2, 0.25) is 17.7 Å². The van der Waals surface area contributed by atoms with E-state index in [9.17, 15) is 24.3 Å². The fourth-order valence-corrected chi connectivity index (χ4v) is 8.35. The van der Waals surface area contributed by atoms with Gasteiger partial charge in [0.1, 0.15) is 17.7 Å². The average Bonchev–Trinajstić information content (AvgIpc) is 3.69. The van der Waals surface area contributed by atoms with Crippen molar-refractivity contribution in [2.45, 2.75) is 73.9 Å². The van der Waals surface area contributed by atoms with Crippen molar-refractivity contribution >= 4 is 39.6 Å². The zero-order valence-corrected chi connectivity index (χ0v) is 28.8. The molecule has 0 aromatic heterocycles. The van der Waals surface area contributed by atoms with E-state index in [2.05, 4.69) is 34.4 Å². The van der Waals surface area contributed by atoms with Gasteiger partial charge in [0.15, 0.2) is 0 Å². The Labute approximate surface area is 290 Å². The van der Waals surface area contributed by atoms with Crippen LogP contribution < -0.4 is 5.32 Å². The van der Waals surface area contributed by atoms with Crippen LogP contribution in [0.3, 0.4) is 0 Å². The topological polar surface area (TPSA) is 125 Å². The average molecular weight is 723 g/mol. The van der Waals surface area contributed by atoms with Crippen LogP contribution >= 0.6 is 15.9 Å². The van der Waals surface area contributed by atoms with Gasteiger partial charge in [-0.3, -0.25) is 19.2 Å². The number of carbonyl (C=O) groups is 4. The van der Waals surface area contributed by atoms with Gasteiger partial charge < -0.3 is 29.7 Å². The molecule has 2 bridgehead atoms. The van der Waals surface area contributed by atoms with Crippen LogP contribution in [0.1, 0.15) is 37.3 Å². The summed E-state index contributed by atoms with van der Waals surface area (Å²) in [5, 5.41) is 13.5. The van der Waals surface area contributed by atoms with E-state index < -0.39 is 60.2 Å². The highest BCUT2D eigenvalue weighted by Gasteiger charge is 2.77. The van der Waals surface area contributed by atoms with Gasteiger partial charge in [0.25, 0.3) is 0 Å². The summed E-state index contributed by atoms with van der Waals surface area (Å²) in [7, 11) is 0. The Kier molecular flexibility index (Phi) is 11.5. The van der Waals surface area contributed by atoms with E-state index in [1.165, 1.54) is 4.90 Å². The maximum atomic E-state index is 14.8. The lowest BCUT2D eigenvalue weighted by molar-refractivity contribution is -0.160. The van der Waals surface area contributed by atoms with E-state index in [1.807, 2.05) is 60.7 Å². The second-order valence-corrected chi connectivity index (χ2v) is 14.0. The number of fused-ring (bicyclic) bond motifs is 1. The number of hydrogen-bond donors (Lipinski definition) is 2. The summed E-state index contributed by atoms with van der Waals surface area (Å²) in [5.74, 6) is -3.56. The highest BCUT2D eigenvalue weighted by Crippen LogP contribution is 2.60. The molecule has 3 heterocycles. The molecule has 5 rings (SSSR count). The Morgan fingerprint density at radius 2 is 1.79 bits per heavy atom. The lowest BCUT2D eigenvalue weighted by Gasteiger charge is -2.39. The number of likely N-dealkylation sites (tertiary alicyclic amines) is 1. The zero-order valence-electron chi connectivity index (χ0n) is 27.2. The van der Waals surface area contributed by atoms with Crippen molar-refractivity contribution in [1.29, 1.82) is 0 Å². The number of halogens is 1. The smallest absolute Gasteiger partial charge is 0.312 e. The Hall–Kier alpha value is -3.80. The van der Waals surface area contributed by atoms with Gasteiger partial charge in [-0.25, -0.2) is 0 Å². The molecule has 11 heteroatoms. The molecular formula is C37H44BrN3O7. The summed E-state index contributed by atoms with van der Waals surface area (Å²) in [6.07, 6.45) is 3.35. The number of nitrogens with one attached hydrogen (secondary N) is 1. The van der Waals surface area contributed by atoms with Crippen molar-refractivity contribution in [2.75, 3.05) is 19.7 Å². The van der Waals surface area contributed by atoms with Crippen molar-refractivity contribution in [3.05, 3.63) is 97.1 Å². The van der Waals surface area contributed by atoms with E-state index in [-0.39, 0.29) is 42.7 Å². The number of rotatable bonds is 16. The summed E-state index contributed by atoms with van der Waals surface area (Å²) in [6, 6.07) is 17.2. The van der Waals surface area contributed by atoms with E-state index >= 15 is 0 Å². The molecule has 3 amide bonds. The van der Waals surface area contributed by atoms with Gasteiger partial charge >= 0.3 is 5.97 Å². The van der Waals surface area contributed by atoms with Crippen LogP contribution in [-0.4, -0.2) is 93.0 Å². The van der Waals surface area contributed by atoms with Gasteiger partial charge in [-0.1, -0.05) is 88.7 Å². The van der Waals surface area contributed by atoms with Gasteiger partial charge in [0.05, 0.1) is 37.1 Å². The lowest BCUT2D eigenvalue weighted by Crippen LogP contribution is -2.59. The van der Waals surface area contributed by atoms with Crippen LogP contribution in [0.25, 0.3) is 0 Å². The van der Waals surface area contributed by atoms with Crippen molar-refractivity contribution in [2.24, 2.45) is 11.8 Å². The minimum absolute atomic E-state index is 0.106. The minimum Gasteiger partial charge on any atom is -0.460 e. The second-order valence-electron chi connectivity index (χ2n) is 12.8. The highest BCUT2D eigenvalue weighted by atomic mass is 79.9. The molecular weight excluding hydrogens is 678 g/mol. The van der Waals surface area contributed by atoms with Crippen LogP contribution in [0.2, 0.25) is 0 Å². The predicted molar refractivity (Wildman–Crippen MR) is 184 cm³/mol. The first-order valence-electron chi connectivity index (χ1n) is 16.5. The normalized spacial score (nSPS) is 26.8. The SMILES string of the molecule is C=CCCC(=O)NC[C@H](C)OC(=O)[C@@H]1[C@H]2O[C@@]3(CC2Br)[C@H](C(=O)N(CC=C)Cc2ccccc2)N([C@@H](CO)Cc2ccccc2)C(=O)[C@@H]13. The molecule has 8 atom stereocenters. The zero-order chi connectivity index (χ0) is 34.4. The fourth-order valence-electron chi connectivity index (χ4n) is 7.41. The van der Waals surface area contributed by atoms with Crippen LogP contribution in [0.5, 0.6) is 0 Å². The van der Waals surface area contributed by atoms with Gasteiger partial charge in [-0.05, 0) is 37.3 Å². The maximum Gasteiger partial charge on any atom is 0.312 e.